The number of aromatic amines is 2. The Morgan fingerprint density at radius 3 is 2.60 bits per heavy atom. The maximum absolute atomic E-state index is 14.8. The fourth-order valence-electron chi connectivity index (χ4n) is 6.48. The van der Waals surface area contributed by atoms with E-state index in [2.05, 4.69) is 30.0 Å². The molecule has 0 radical (unpaired) electrons. The minimum atomic E-state index is -2.65. The molecule has 13 heteroatoms. The van der Waals surface area contributed by atoms with Crippen molar-refractivity contribution in [1.82, 2.24) is 44.9 Å². The average molecular weight is 640 g/mol. The highest BCUT2D eigenvalue weighted by Crippen LogP contribution is 2.33. The van der Waals surface area contributed by atoms with Gasteiger partial charge >= 0.3 is 0 Å². The lowest BCUT2D eigenvalue weighted by Crippen LogP contribution is -2.25. The monoisotopic (exact) mass is 639 g/mol. The molecule has 0 amide bonds. The topological polar surface area (TPSA) is 112 Å². The molecular weight excluding hydrogens is 607 g/mol. The molecule has 0 bridgehead atoms. The summed E-state index contributed by atoms with van der Waals surface area (Å²) in [6.45, 7) is 3.92. The largest absolute Gasteiger partial charge is 0.492 e. The highest BCUT2D eigenvalue weighted by Gasteiger charge is 2.38. The van der Waals surface area contributed by atoms with E-state index in [0.717, 1.165) is 30.8 Å². The minimum Gasteiger partial charge on any atom is -0.492 e. The zero-order chi connectivity index (χ0) is 32.0. The molecule has 10 nitrogen and oxygen atoms in total. The fourth-order valence-corrected chi connectivity index (χ4v) is 6.48. The van der Waals surface area contributed by atoms with Crippen LogP contribution >= 0.6 is 0 Å². The Labute approximate surface area is 268 Å². The second kappa shape index (κ2) is 12.0. The van der Waals surface area contributed by atoms with Crippen molar-refractivity contribution in [1.29, 1.82) is 0 Å². The smallest absolute Gasteiger partial charge is 0.261 e. The summed E-state index contributed by atoms with van der Waals surface area (Å²) in [4.78, 5) is 26.1. The Kier molecular flexibility index (Phi) is 7.57. The lowest BCUT2D eigenvalue weighted by molar-refractivity contribution is 0.0115. The van der Waals surface area contributed by atoms with Gasteiger partial charge in [-0.25, -0.2) is 23.1 Å². The van der Waals surface area contributed by atoms with Crippen LogP contribution in [0.2, 0.25) is 0 Å². The van der Waals surface area contributed by atoms with Crippen molar-refractivity contribution in [3.63, 3.8) is 0 Å². The van der Waals surface area contributed by atoms with Gasteiger partial charge in [0.25, 0.3) is 5.92 Å². The van der Waals surface area contributed by atoms with E-state index in [1.807, 2.05) is 24.3 Å². The van der Waals surface area contributed by atoms with Gasteiger partial charge in [-0.1, -0.05) is 0 Å². The highest BCUT2D eigenvalue weighted by molar-refractivity contribution is 5.95. The van der Waals surface area contributed by atoms with E-state index >= 15 is 0 Å². The standard InChI is InChI=1S/C34H32F3N9O/c35-24-14-22(15-25(16-24)47-12-11-45-8-1-2-9-45)29-30-27(5-7-39-29)41-33(42-30)32-31-28(43-44-32)4-3-26(40-31)23-13-21(17-38-18-23)19-46-10-6-34(36,37)20-46/h3-5,7,13-18H,1-2,6,8-12,19-20H2,(H,41,42)(H,43,44). The number of imidazole rings is 1. The van der Waals surface area contributed by atoms with Crippen LogP contribution in [0.15, 0.2) is 61.1 Å². The summed E-state index contributed by atoms with van der Waals surface area (Å²) in [5, 5.41) is 7.54. The summed E-state index contributed by atoms with van der Waals surface area (Å²) >= 11 is 0. The van der Waals surface area contributed by atoms with Crippen LogP contribution in [-0.2, 0) is 6.54 Å². The van der Waals surface area contributed by atoms with Crippen LogP contribution in [-0.4, -0.2) is 90.2 Å². The predicted molar refractivity (Wildman–Crippen MR) is 171 cm³/mol. The molecular formula is C34H32F3N9O. The third-order valence-electron chi connectivity index (χ3n) is 8.80. The van der Waals surface area contributed by atoms with Gasteiger partial charge in [0, 0.05) is 61.8 Å². The third kappa shape index (κ3) is 6.15. The summed E-state index contributed by atoms with van der Waals surface area (Å²) in [6, 6.07) is 12.1. The number of ether oxygens (including phenoxy) is 1. The quantitative estimate of drug-likeness (QED) is 0.196. The Bertz CT molecular complexity index is 2070. The van der Waals surface area contributed by atoms with Crippen molar-refractivity contribution in [3.05, 3.63) is 72.4 Å². The molecule has 2 aliphatic heterocycles. The van der Waals surface area contributed by atoms with Crippen molar-refractivity contribution in [2.24, 2.45) is 0 Å². The van der Waals surface area contributed by atoms with Gasteiger partial charge in [0.2, 0.25) is 0 Å². The van der Waals surface area contributed by atoms with Crippen molar-refractivity contribution in [2.75, 3.05) is 39.3 Å². The molecule has 0 saturated carbocycles. The van der Waals surface area contributed by atoms with Crippen LogP contribution in [0.5, 0.6) is 5.75 Å². The van der Waals surface area contributed by atoms with Crippen LogP contribution in [0, 0.1) is 5.82 Å². The average Bonchev–Trinajstić information content (AvgIpc) is 3.87. The van der Waals surface area contributed by atoms with Gasteiger partial charge in [0.1, 0.15) is 29.2 Å². The number of halogens is 3. The molecule has 7 heterocycles. The van der Waals surface area contributed by atoms with Crippen molar-refractivity contribution in [2.45, 2.75) is 31.7 Å². The Morgan fingerprint density at radius 1 is 0.872 bits per heavy atom. The number of benzene rings is 1. The molecule has 0 atom stereocenters. The molecule has 2 saturated heterocycles. The number of fused-ring (bicyclic) bond motifs is 2. The van der Waals surface area contributed by atoms with Gasteiger partial charge in [-0.3, -0.25) is 24.9 Å². The molecule has 2 N–H and O–H groups in total. The van der Waals surface area contributed by atoms with Crippen molar-refractivity contribution >= 4 is 22.1 Å². The number of hydrogen-bond acceptors (Lipinski definition) is 8. The number of H-pyrrole nitrogens is 2. The van der Waals surface area contributed by atoms with Gasteiger partial charge in [0.05, 0.1) is 29.0 Å². The van der Waals surface area contributed by atoms with E-state index in [4.69, 9.17) is 14.7 Å². The maximum atomic E-state index is 14.8. The SMILES string of the molecule is Fc1cc(OCCN2CCCC2)cc(-c2nccc3[nH]c(-c4n[nH]c5ccc(-c6cncc(CN7CCC(F)(F)C7)c6)nc45)nc23)c1. The molecule has 1 aromatic carbocycles. The van der Waals surface area contributed by atoms with E-state index in [1.54, 1.807) is 29.6 Å². The molecule has 2 aliphatic rings. The Morgan fingerprint density at radius 2 is 1.74 bits per heavy atom. The molecule has 0 spiro atoms. The van der Waals surface area contributed by atoms with Crippen LogP contribution < -0.4 is 4.74 Å². The number of nitrogens with zero attached hydrogens (tertiary/aromatic N) is 7. The Balaban J connectivity index is 1.08. The first-order valence-corrected chi connectivity index (χ1v) is 15.8. The second-order valence-electron chi connectivity index (χ2n) is 12.3. The van der Waals surface area contributed by atoms with Crippen LogP contribution in [0.4, 0.5) is 13.2 Å². The number of aromatic nitrogens is 7. The fraction of sp³-hybridized carbons (Fsp3) is 0.324. The highest BCUT2D eigenvalue weighted by atomic mass is 19.3. The minimum absolute atomic E-state index is 0.127. The Hall–Kier alpha value is -4.88. The first-order chi connectivity index (χ1) is 22.9. The molecule has 240 valence electrons. The zero-order valence-electron chi connectivity index (χ0n) is 25.5. The summed E-state index contributed by atoms with van der Waals surface area (Å²) in [5.74, 6) is -2.14. The van der Waals surface area contributed by atoms with Gasteiger partial charge < -0.3 is 9.72 Å². The lowest BCUT2D eigenvalue weighted by atomic mass is 10.1. The predicted octanol–water partition coefficient (Wildman–Crippen LogP) is 6.08. The maximum Gasteiger partial charge on any atom is 0.261 e. The summed E-state index contributed by atoms with van der Waals surface area (Å²) in [6.07, 6.45) is 7.34. The molecule has 2 fully saturated rings. The van der Waals surface area contributed by atoms with Crippen LogP contribution in [0.1, 0.15) is 24.8 Å². The van der Waals surface area contributed by atoms with Crippen LogP contribution in [0.25, 0.3) is 56.1 Å². The second-order valence-corrected chi connectivity index (χ2v) is 12.3. The molecule has 47 heavy (non-hydrogen) atoms. The van der Waals surface area contributed by atoms with E-state index in [0.29, 0.717) is 76.0 Å². The summed E-state index contributed by atoms with van der Waals surface area (Å²) in [7, 11) is 0. The number of nitrogens with one attached hydrogen (secondary N) is 2. The number of alkyl halides is 2. The van der Waals surface area contributed by atoms with E-state index in [-0.39, 0.29) is 13.0 Å². The number of rotatable bonds is 9. The first-order valence-electron chi connectivity index (χ1n) is 15.8. The summed E-state index contributed by atoms with van der Waals surface area (Å²) < 4.78 is 48.2. The van der Waals surface area contributed by atoms with Gasteiger partial charge in [-0.2, -0.15) is 5.10 Å². The van der Waals surface area contributed by atoms with Crippen molar-refractivity contribution in [3.8, 4) is 39.8 Å². The molecule has 6 aromatic rings. The van der Waals surface area contributed by atoms with Gasteiger partial charge in [0.15, 0.2) is 11.5 Å². The number of likely N-dealkylation sites (tertiary alicyclic amines) is 2. The molecule has 0 unspecified atom stereocenters. The van der Waals surface area contributed by atoms with Gasteiger partial charge in [-0.05, 0) is 67.9 Å². The van der Waals surface area contributed by atoms with Crippen molar-refractivity contribution < 1.29 is 17.9 Å². The van der Waals surface area contributed by atoms with E-state index in [1.165, 1.54) is 25.0 Å². The zero-order valence-corrected chi connectivity index (χ0v) is 25.5. The first kappa shape index (κ1) is 29.5. The van der Waals surface area contributed by atoms with E-state index in [9.17, 15) is 13.2 Å². The lowest BCUT2D eigenvalue weighted by Gasteiger charge is -2.15. The number of hydrogen-bond donors (Lipinski definition) is 2. The molecule has 0 aliphatic carbocycles. The third-order valence-corrected chi connectivity index (χ3v) is 8.80. The van der Waals surface area contributed by atoms with Crippen LogP contribution in [0.3, 0.4) is 0 Å². The molecule has 8 rings (SSSR count). The molecule has 5 aromatic heterocycles. The van der Waals surface area contributed by atoms with Gasteiger partial charge in [-0.15, -0.1) is 0 Å². The number of pyridine rings is 3. The summed E-state index contributed by atoms with van der Waals surface area (Å²) in [5.41, 5.74) is 6.44. The van der Waals surface area contributed by atoms with E-state index < -0.39 is 11.7 Å². The normalized spacial score (nSPS) is 16.9.